The van der Waals surface area contributed by atoms with Crippen molar-refractivity contribution in [3.8, 4) is 5.75 Å². The summed E-state index contributed by atoms with van der Waals surface area (Å²) in [4.78, 5) is 25.6. The van der Waals surface area contributed by atoms with Crippen LogP contribution in [0.4, 0.5) is 4.39 Å². The summed E-state index contributed by atoms with van der Waals surface area (Å²) in [7, 11) is 1.73. The second-order valence-corrected chi connectivity index (χ2v) is 7.40. The molecule has 0 fully saturated rings. The Morgan fingerprint density at radius 1 is 1.17 bits per heavy atom. The van der Waals surface area contributed by atoms with E-state index in [0.717, 1.165) is 5.56 Å². The van der Waals surface area contributed by atoms with Gasteiger partial charge in [0.1, 0.15) is 18.5 Å². The van der Waals surface area contributed by atoms with Gasteiger partial charge in [0, 0.05) is 30.8 Å². The molecule has 4 rings (SSSR count). The number of rotatable bonds is 7. The molecule has 6 nitrogen and oxygen atoms in total. The van der Waals surface area contributed by atoms with Crippen LogP contribution >= 0.6 is 0 Å². The van der Waals surface area contributed by atoms with Crippen molar-refractivity contribution < 1.29 is 18.7 Å². The van der Waals surface area contributed by atoms with Crippen LogP contribution in [0.1, 0.15) is 56.8 Å². The summed E-state index contributed by atoms with van der Waals surface area (Å²) < 4.78 is 21.3. The third kappa shape index (κ3) is 3.63. The van der Waals surface area contributed by atoms with Gasteiger partial charge in [0.25, 0.3) is 0 Å². The van der Waals surface area contributed by atoms with E-state index in [9.17, 15) is 14.0 Å². The lowest BCUT2D eigenvalue weighted by molar-refractivity contribution is 0.0980. The van der Waals surface area contributed by atoms with Gasteiger partial charge in [0.2, 0.25) is 0 Å². The summed E-state index contributed by atoms with van der Waals surface area (Å²) in [6.07, 6.45) is 1.26. The molecule has 1 aliphatic rings. The summed E-state index contributed by atoms with van der Waals surface area (Å²) in [5, 5.41) is 7.82. The van der Waals surface area contributed by atoms with Gasteiger partial charge in [-0.05, 0) is 17.7 Å². The second-order valence-electron chi connectivity index (χ2n) is 7.40. The number of hydrogen-bond donors (Lipinski definition) is 0. The highest BCUT2D eigenvalue weighted by Crippen LogP contribution is 2.45. The normalized spacial score (nSPS) is 17.4. The zero-order valence-electron chi connectivity index (χ0n) is 16.8. The largest absolute Gasteiger partial charge is 0.486 e. The summed E-state index contributed by atoms with van der Waals surface area (Å²) >= 11 is 0. The van der Waals surface area contributed by atoms with E-state index in [1.807, 2.05) is 30.3 Å². The third-order valence-corrected chi connectivity index (χ3v) is 5.34. The average Bonchev–Trinajstić information content (AvgIpc) is 3.35. The number of hydrogen-bond acceptors (Lipinski definition) is 5. The van der Waals surface area contributed by atoms with E-state index in [0.29, 0.717) is 28.1 Å². The molecule has 2 heterocycles. The predicted molar refractivity (Wildman–Crippen MR) is 109 cm³/mol. The number of ketones is 2. The minimum absolute atomic E-state index is 0.0653. The van der Waals surface area contributed by atoms with Gasteiger partial charge in [-0.1, -0.05) is 42.5 Å². The smallest absolute Gasteiger partial charge is 0.168 e. The van der Waals surface area contributed by atoms with Gasteiger partial charge < -0.3 is 4.74 Å². The van der Waals surface area contributed by atoms with Crippen LogP contribution in [0.2, 0.25) is 0 Å². The Bertz CT molecular complexity index is 1090. The monoisotopic (exact) mass is 407 g/mol. The molecule has 3 aromatic rings. The van der Waals surface area contributed by atoms with Gasteiger partial charge in [-0.2, -0.15) is 0 Å². The average molecular weight is 407 g/mol. The van der Waals surface area contributed by atoms with Crippen LogP contribution < -0.4 is 4.74 Å². The lowest BCUT2D eigenvalue weighted by atomic mass is 9.85. The van der Waals surface area contributed by atoms with Crippen molar-refractivity contribution in [1.82, 2.24) is 15.0 Å². The Morgan fingerprint density at radius 2 is 1.93 bits per heavy atom. The van der Waals surface area contributed by atoms with E-state index in [2.05, 4.69) is 10.3 Å². The van der Waals surface area contributed by atoms with Crippen molar-refractivity contribution in [2.75, 3.05) is 6.67 Å². The van der Waals surface area contributed by atoms with E-state index in [-0.39, 0.29) is 30.3 Å². The number of aryl methyl sites for hydroxylation is 1. The lowest BCUT2D eigenvalue weighted by Gasteiger charge is -2.16. The Kier molecular flexibility index (Phi) is 5.44. The molecule has 0 aliphatic carbocycles. The molecule has 0 amide bonds. The maximum absolute atomic E-state index is 13.9. The number of carbonyl (C=O) groups is 2. The molecule has 154 valence electrons. The number of nitrogens with zero attached hydrogens (tertiary/aromatic N) is 3. The molecule has 2 atom stereocenters. The Balaban J connectivity index is 1.81. The Morgan fingerprint density at radius 3 is 2.57 bits per heavy atom. The molecular weight excluding hydrogens is 385 g/mol. The molecule has 2 aromatic carbocycles. The molecule has 0 N–H and O–H groups in total. The quantitative estimate of drug-likeness (QED) is 0.559. The van der Waals surface area contributed by atoms with Gasteiger partial charge in [-0.15, -0.1) is 5.10 Å². The van der Waals surface area contributed by atoms with Gasteiger partial charge in [-0.25, -0.2) is 4.39 Å². The first-order valence-corrected chi connectivity index (χ1v) is 9.89. The minimum atomic E-state index is -0.740. The molecule has 0 radical (unpaired) electrons. The van der Waals surface area contributed by atoms with Crippen LogP contribution in [0.3, 0.4) is 0 Å². The van der Waals surface area contributed by atoms with Crippen LogP contribution in [0.25, 0.3) is 0 Å². The Labute approximate surface area is 173 Å². The first-order valence-electron chi connectivity index (χ1n) is 9.89. The zero-order valence-corrected chi connectivity index (χ0v) is 16.8. The number of halogens is 1. The third-order valence-electron chi connectivity index (χ3n) is 5.34. The second kappa shape index (κ2) is 8.18. The summed E-state index contributed by atoms with van der Waals surface area (Å²) in [6.45, 7) is 1.05. The molecule has 1 aliphatic heterocycles. The van der Waals surface area contributed by atoms with Gasteiger partial charge in [0.05, 0.1) is 23.6 Å². The van der Waals surface area contributed by atoms with E-state index < -0.39 is 12.8 Å². The summed E-state index contributed by atoms with van der Waals surface area (Å²) in [5.74, 6) is -0.334. The van der Waals surface area contributed by atoms with Crippen LogP contribution in [0.5, 0.6) is 5.75 Å². The SMILES string of the molecule is CCC(=O)c1cc(C(=O)Cc2cn(C)nn2)cc2c1O[C@@H](CF)[C@@H]2c1ccccc1. The topological polar surface area (TPSA) is 74.1 Å². The van der Waals surface area contributed by atoms with Crippen LogP contribution in [-0.4, -0.2) is 39.3 Å². The molecule has 0 saturated carbocycles. The van der Waals surface area contributed by atoms with Crippen LogP contribution in [0, 0.1) is 0 Å². The number of benzene rings is 2. The molecule has 0 bridgehead atoms. The Hall–Kier alpha value is -3.35. The van der Waals surface area contributed by atoms with Crippen molar-refractivity contribution in [3.05, 3.63) is 76.6 Å². The maximum atomic E-state index is 13.9. The highest BCUT2D eigenvalue weighted by atomic mass is 19.1. The predicted octanol–water partition coefficient (Wildman–Crippen LogP) is 3.70. The van der Waals surface area contributed by atoms with Crippen LogP contribution in [0.15, 0.2) is 48.7 Å². The fourth-order valence-electron chi connectivity index (χ4n) is 3.91. The highest BCUT2D eigenvalue weighted by molar-refractivity contribution is 6.04. The number of aromatic nitrogens is 3. The van der Waals surface area contributed by atoms with Gasteiger partial charge >= 0.3 is 0 Å². The fraction of sp³-hybridized carbons (Fsp3) is 0.304. The van der Waals surface area contributed by atoms with Crippen LogP contribution in [-0.2, 0) is 13.5 Å². The molecule has 7 heteroatoms. The van der Waals surface area contributed by atoms with Crippen molar-refractivity contribution in [2.45, 2.75) is 31.8 Å². The minimum Gasteiger partial charge on any atom is -0.486 e. The number of Topliss-reactive ketones (excluding diaryl/α,β-unsaturated/α-hetero) is 2. The van der Waals surface area contributed by atoms with Crippen molar-refractivity contribution in [3.63, 3.8) is 0 Å². The fourth-order valence-corrected chi connectivity index (χ4v) is 3.91. The van der Waals surface area contributed by atoms with E-state index in [4.69, 9.17) is 4.74 Å². The first kappa shape index (κ1) is 19.9. The molecule has 1 aromatic heterocycles. The number of alkyl halides is 1. The molecule has 0 spiro atoms. The number of carbonyl (C=O) groups excluding carboxylic acids is 2. The summed E-state index contributed by atoms with van der Waals surface area (Å²) in [5.41, 5.74) is 2.82. The summed E-state index contributed by atoms with van der Waals surface area (Å²) in [6, 6.07) is 12.7. The molecular formula is C23H22FN3O3. The maximum Gasteiger partial charge on any atom is 0.168 e. The number of fused-ring (bicyclic) bond motifs is 1. The van der Waals surface area contributed by atoms with E-state index in [1.54, 1.807) is 32.3 Å². The van der Waals surface area contributed by atoms with Gasteiger partial charge in [0.15, 0.2) is 11.6 Å². The molecule has 0 unspecified atom stereocenters. The number of ether oxygens (including phenoxy) is 1. The van der Waals surface area contributed by atoms with Gasteiger partial charge in [-0.3, -0.25) is 14.3 Å². The lowest BCUT2D eigenvalue weighted by Crippen LogP contribution is -2.22. The molecule has 0 saturated heterocycles. The van der Waals surface area contributed by atoms with Crippen molar-refractivity contribution in [1.29, 1.82) is 0 Å². The zero-order chi connectivity index (χ0) is 21.3. The van der Waals surface area contributed by atoms with E-state index in [1.165, 1.54) is 4.68 Å². The molecule has 30 heavy (non-hydrogen) atoms. The van der Waals surface area contributed by atoms with E-state index >= 15 is 0 Å². The highest BCUT2D eigenvalue weighted by Gasteiger charge is 2.38. The first-order chi connectivity index (χ1) is 14.5. The van der Waals surface area contributed by atoms with Crippen molar-refractivity contribution >= 4 is 11.6 Å². The van der Waals surface area contributed by atoms with Crippen molar-refractivity contribution in [2.24, 2.45) is 7.05 Å². The standard InChI is InChI=1S/C23H22FN3O3/c1-3-19(28)17-9-15(20(29)11-16-13-27(2)26-25-16)10-18-22(14-7-5-4-6-8-14)21(12-24)30-23(17)18/h4-10,13,21-22H,3,11-12H2,1-2H3/t21-,22+/m0/s1.